The first-order chi connectivity index (χ1) is 14.6. The van der Waals surface area contributed by atoms with Crippen LogP contribution in [-0.4, -0.2) is 23.3 Å². The quantitative estimate of drug-likeness (QED) is 0.597. The molecule has 0 fully saturated rings. The Morgan fingerprint density at radius 2 is 1.73 bits per heavy atom. The molecule has 30 heavy (non-hydrogen) atoms. The zero-order chi connectivity index (χ0) is 21.1. The maximum Gasteiger partial charge on any atom is 0.256 e. The monoisotopic (exact) mass is 399 g/mol. The van der Waals surface area contributed by atoms with Crippen molar-refractivity contribution in [2.75, 3.05) is 17.2 Å². The highest BCUT2D eigenvalue weighted by Gasteiger charge is 2.35. The first-order valence-corrected chi connectivity index (χ1v) is 10.2. The molecule has 5 nitrogen and oxygen atoms in total. The molecule has 1 unspecified atom stereocenters. The normalized spacial score (nSPS) is 15.1. The molecule has 0 saturated heterocycles. The minimum atomic E-state index is -0.246. The summed E-state index contributed by atoms with van der Waals surface area (Å²) >= 11 is 0. The van der Waals surface area contributed by atoms with Gasteiger partial charge in [-0.25, -0.2) is 0 Å². The van der Waals surface area contributed by atoms with Gasteiger partial charge in [-0.1, -0.05) is 48.9 Å². The highest BCUT2D eigenvalue weighted by molar-refractivity contribution is 6.05. The molecule has 2 N–H and O–H groups in total. The van der Waals surface area contributed by atoms with Crippen LogP contribution in [0.3, 0.4) is 0 Å². The van der Waals surface area contributed by atoms with Crippen LogP contribution in [0.4, 0.5) is 11.4 Å². The number of nitrogens with zero attached hydrogens (tertiary/aromatic N) is 1. The summed E-state index contributed by atoms with van der Waals surface area (Å²) in [7, 11) is 0. The Labute approximate surface area is 176 Å². The van der Waals surface area contributed by atoms with Gasteiger partial charge in [0.1, 0.15) is 6.17 Å². The average Bonchev–Trinajstić information content (AvgIpc) is 3.02. The SMILES string of the molecule is CCCN1C(=O)c2ccccc2C1Nc1cccc(C(=O)Nc2ccc(C)cc2)c1. The molecule has 5 heteroatoms. The lowest BCUT2D eigenvalue weighted by Crippen LogP contribution is -2.33. The van der Waals surface area contributed by atoms with E-state index < -0.39 is 0 Å². The van der Waals surface area contributed by atoms with Gasteiger partial charge in [-0.15, -0.1) is 0 Å². The lowest BCUT2D eigenvalue weighted by atomic mass is 10.1. The van der Waals surface area contributed by atoms with E-state index in [4.69, 9.17) is 0 Å². The predicted octanol–water partition coefficient (Wildman–Crippen LogP) is 5.22. The Hall–Kier alpha value is -3.60. The Kier molecular flexibility index (Phi) is 5.53. The molecule has 3 aromatic rings. The van der Waals surface area contributed by atoms with E-state index in [1.165, 1.54) is 0 Å². The second-order valence-electron chi connectivity index (χ2n) is 7.53. The zero-order valence-corrected chi connectivity index (χ0v) is 17.2. The second-order valence-corrected chi connectivity index (χ2v) is 7.53. The van der Waals surface area contributed by atoms with E-state index in [-0.39, 0.29) is 18.0 Å². The van der Waals surface area contributed by atoms with Crippen LogP contribution < -0.4 is 10.6 Å². The highest BCUT2D eigenvalue weighted by Crippen LogP contribution is 2.34. The van der Waals surface area contributed by atoms with Crippen LogP contribution in [-0.2, 0) is 0 Å². The fraction of sp³-hybridized carbons (Fsp3) is 0.200. The van der Waals surface area contributed by atoms with Crippen molar-refractivity contribution in [2.45, 2.75) is 26.4 Å². The second kappa shape index (κ2) is 8.41. The number of rotatable bonds is 6. The predicted molar refractivity (Wildman–Crippen MR) is 120 cm³/mol. The number of carbonyl (C=O) groups is 2. The molecule has 1 atom stereocenters. The van der Waals surface area contributed by atoms with Crippen molar-refractivity contribution in [3.05, 3.63) is 95.1 Å². The summed E-state index contributed by atoms with van der Waals surface area (Å²) in [5.74, 6) is -0.131. The van der Waals surface area contributed by atoms with Gasteiger partial charge in [-0.2, -0.15) is 0 Å². The van der Waals surface area contributed by atoms with Crippen molar-refractivity contribution in [3.8, 4) is 0 Å². The Morgan fingerprint density at radius 1 is 0.967 bits per heavy atom. The van der Waals surface area contributed by atoms with Gasteiger partial charge < -0.3 is 15.5 Å². The molecule has 152 valence electrons. The minimum Gasteiger partial charge on any atom is -0.361 e. The summed E-state index contributed by atoms with van der Waals surface area (Å²) in [6.45, 7) is 4.73. The molecule has 1 aliphatic heterocycles. The van der Waals surface area contributed by atoms with E-state index in [9.17, 15) is 9.59 Å². The molecule has 0 aliphatic carbocycles. The van der Waals surface area contributed by atoms with Crippen molar-refractivity contribution in [1.82, 2.24) is 4.90 Å². The van der Waals surface area contributed by atoms with Gasteiger partial charge in [0.25, 0.3) is 11.8 Å². The fourth-order valence-electron chi connectivity index (χ4n) is 3.75. The molecule has 0 bridgehead atoms. The minimum absolute atomic E-state index is 0.0400. The maximum atomic E-state index is 12.8. The summed E-state index contributed by atoms with van der Waals surface area (Å²) in [6.07, 6.45) is 0.626. The first kappa shape index (κ1) is 19.7. The van der Waals surface area contributed by atoms with Crippen LogP contribution in [0.1, 0.15) is 51.4 Å². The van der Waals surface area contributed by atoms with Gasteiger partial charge in [-0.3, -0.25) is 9.59 Å². The van der Waals surface area contributed by atoms with Crippen LogP contribution in [0.2, 0.25) is 0 Å². The number of hydrogen-bond donors (Lipinski definition) is 2. The number of amides is 2. The standard InChI is InChI=1S/C25H25N3O2/c1-3-15-28-23(21-9-4-5-10-22(21)25(28)30)26-20-8-6-7-18(16-20)24(29)27-19-13-11-17(2)12-14-19/h4-14,16,23,26H,3,15H2,1-2H3,(H,27,29). The van der Waals surface area contributed by atoms with Crippen molar-refractivity contribution in [1.29, 1.82) is 0 Å². The number of hydrogen-bond acceptors (Lipinski definition) is 3. The lowest BCUT2D eigenvalue weighted by molar-refractivity contribution is 0.0743. The highest BCUT2D eigenvalue weighted by atomic mass is 16.2. The molecule has 2 amide bonds. The topological polar surface area (TPSA) is 61.4 Å². The van der Waals surface area contributed by atoms with E-state index in [0.717, 1.165) is 34.5 Å². The molecule has 4 rings (SSSR count). The molecule has 0 radical (unpaired) electrons. The Morgan fingerprint density at radius 3 is 2.50 bits per heavy atom. The summed E-state index contributed by atoms with van der Waals surface area (Å²) in [5, 5.41) is 6.38. The van der Waals surface area contributed by atoms with E-state index in [2.05, 4.69) is 17.6 Å². The number of benzene rings is 3. The summed E-state index contributed by atoms with van der Waals surface area (Å²) < 4.78 is 0. The van der Waals surface area contributed by atoms with E-state index in [0.29, 0.717) is 12.1 Å². The number of anilines is 2. The van der Waals surface area contributed by atoms with Crippen LogP contribution in [0.25, 0.3) is 0 Å². The van der Waals surface area contributed by atoms with Crippen LogP contribution >= 0.6 is 0 Å². The number of aryl methyl sites for hydroxylation is 1. The molecule has 1 heterocycles. The van der Waals surface area contributed by atoms with Crippen molar-refractivity contribution in [2.24, 2.45) is 0 Å². The average molecular weight is 399 g/mol. The molecular weight excluding hydrogens is 374 g/mol. The lowest BCUT2D eigenvalue weighted by Gasteiger charge is -2.27. The Bertz CT molecular complexity index is 1080. The molecule has 0 spiro atoms. The van der Waals surface area contributed by atoms with E-state index in [1.54, 1.807) is 6.07 Å². The summed E-state index contributed by atoms with van der Waals surface area (Å²) in [4.78, 5) is 27.4. The van der Waals surface area contributed by atoms with Gasteiger partial charge in [0.15, 0.2) is 0 Å². The maximum absolute atomic E-state index is 12.8. The van der Waals surface area contributed by atoms with Crippen molar-refractivity contribution >= 4 is 23.2 Å². The van der Waals surface area contributed by atoms with Crippen LogP contribution in [0.5, 0.6) is 0 Å². The number of carbonyl (C=O) groups excluding carboxylic acids is 2. The van der Waals surface area contributed by atoms with Gasteiger partial charge in [0, 0.05) is 34.6 Å². The van der Waals surface area contributed by atoms with Crippen molar-refractivity contribution < 1.29 is 9.59 Å². The van der Waals surface area contributed by atoms with Gasteiger partial charge in [-0.05, 0) is 49.7 Å². The number of fused-ring (bicyclic) bond motifs is 1. The Balaban J connectivity index is 1.55. The molecular formula is C25H25N3O2. The van der Waals surface area contributed by atoms with Crippen molar-refractivity contribution in [3.63, 3.8) is 0 Å². The molecule has 3 aromatic carbocycles. The molecule has 0 aromatic heterocycles. The van der Waals surface area contributed by atoms with E-state index >= 15 is 0 Å². The van der Waals surface area contributed by atoms with Crippen LogP contribution in [0, 0.1) is 6.92 Å². The van der Waals surface area contributed by atoms with Gasteiger partial charge >= 0.3 is 0 Å². The van der Waals surface area contributed by atoms with Gasteiger partial charge in [0.05, 0.1) is 0 Å². The first-order valence-electron chi connectivity index (χ1n) is 10.2. The zero-order valence-electron chi connectivity index (χ0n) is 17.2. The third kappa shape index (κ3) is 3.92. The summed E-state index contributed by atoms with van der Waals surface area (Å²) in [5.41, 5.74) is 4.94. The molecule has 0 saturated carbocycles. The third-order valence-electron chi connectivity index (χ3n) is 5.26. The van der Waals surface area contributed by atoms with E-state index in [1.807, 2.05) is 78.6 Å². The number of nitrogens with one attached hydrogen (secondary N) is 2. The van der Waals surface area contributed by atoms with Gasteiger partial charge in [0.2, 0.25) is 0 Å². The fourth-order valence-corrected chi connectivity index (χ4v) is 3.75. The summed E-state index contributed by atoms with van der Waals surface area (Å²) in [6, 6.07) is 22.7. The largest absolute Gasteiger partial charge is 0.361 e. The molecule has 1 aliphatic rings. The van der Waals surface area contributed by atoms with Crippen LogP contribution in [0.15, 0.2) is 72.8 Å². The third-order valence-corrected chi connectivity index (χ3v) is 5.26. The smallest absolute Gasteiger partial charge is 0.256 e.